The first-order valence-electron chi connectivity index (χ1n) is 8.28. The number of halogens is 2. The van der Waals surface area contributed by atoms with E-state index in [1.807, 2.05) is 0 Å². The normalized spacial score (nSPS) is 15.9. The smallest absolute Gasteiger partial charge is 0.252 e. The Morgan fingerprint density at radius 3 is 2.37 bits per heavy atom. The first-order valence-corrected chi connectivity index (χ1v) is 11.9. The van der Waals surface area contributed by atoms with Gasteiger partial charge in [0.15, 0.2) is 0 Å². The van der Waals surface area contributed by atoms with Crippen molar-refractivity contribution in [2.45, 2.75) is 15.5 Å². The van der Waals surface area contributed by atoms with E-state index in [2.05, 4.69) is 0 Å². The summed E-state index contributed by atoms with van der Waals surface area (Å²) in [6.07, 6.45) is 0.356. The van der Waals surface area contributed by atoms with E-state index in [1.165, 1.54) is 34.3 Å². The Hall–Kier alpha value is -1.13. The van der Waals surface area contributed by atoms with Gasteiger partial charge in [-0.15, -0.1) is 23.1 Å². The van der Waals surface area contributed by atoms with Crippen molar-refractivity contribution in [2.24, 2.45) is 0 Å². The van der Waals surface area contributed by atoms with Gasteiger partial charge in [-0.05, 0) is 36.4 Å². The molecule has 1 fully saturated rings. The van der Waals surface area contributed by atoms with Gasteiger partial charge in [0.05, 0.1) is 4.34 Å². The molecule has 1 amide bonds. The Bertz CT molecular complexity index is 894. The number of carbonyl (C=O) groups excluding carboxylic acids is 1. The van der Waals surface area contributed by atoms with Crippen LogP contribution in [-0.4, -0.2) is 55.5 Å². The summed E-state index contributed by atoms with van der Waals surface area (Å²) in [7, 11) is -3.55. The molecule has 0 bridgehead atoms. The summed E-state index contributed by atoms with van der Waals surface area (Å²) in [5.41, 5.74) is 0. The van der Waals surface area contributed by atoms with Crippen molar-refractivity contribution < 1.29 is 17.6 Å². The maximum absolute atomic E-state index is 12.9. The first-order chi connectivity index (χ1) is 12.9. The highest BCUT2D eigenvalue weighted by molar-refractivity contribution is 7.99. The number of hydrogen-bond donors (Lipinski definition) is 0. The van der Waals surface area contributed by atoms with Crippen molar-refractivity contribution in [1.29, 1.82) is 0 Å². The largest absolute Gasteiger partial charge is 0.340 e. The lowest BCUT2D eigenvalue weighted by Gasteiger charge is -2.33. The number of thioether (sulfide) groups is 1. The zero-order valence-electron chi connectivity index (χ0n) is 14.3. The zero-order chi connectivity index (χ0) is 19.4. The summed E-state index contributed by atoms with van der Waals surface area (Å²) in [4.78, 5) is 14.9. The lowest BCUT2D eigenvalue weighted by molar-refractivity contribution is -0.131. The van der Waals surface area contributed by atoms with Gasteiger partial charge < -0.3 is 4.90 Å². The molecule has 1 aliphatic heterocycles. The van der Waals surface area contributed by atoms with Gasteiger partial charge in [0.2, 0.25) is 5.91 Å². The van der Waals surface area contributed by atoms with Crippen LogP contribution in [0.2, 0.25) is 4.34 Å². The fourth-order valence-corrected chi connectivity index (χ4v) is 6.59. The van der Waals surface area contributed by atoms with Gasteiger partial charge in [-0.2, -0.15) is 4.31 Å². The molecule has 5 nitrogen and oxygen atoms in total. The molecule has 0 radical (unpaired) electrons. The van der Waals surface area contributed by atoms with E-state index in [1.54, 1.807) is 23.1 Å². The van der Waals surface area contributed by atoms with E-state index in [-0.39, 0.29) is 29.0 Å². The fourth-order valence-electron chi connectivity index (χ4n) is 2.69. The molecule has 0 unspecified atom stereocenters. The molecular formula is C17H18ClFN2O3S3. The summed E-state index contributed by atoms with van der Waals surface area (Å²) in [6.45, 7) is 1.29. The molecule has 2 aromatic rings. The van der Waals surface area contributed by atoms with Crippen LogP contribution in [0.3, 0.4) is 0 Å². The molecule has 1 saturated heterocycles. The van der Waals surface area contributed by atoms with Crippen molar-refractivity contribution in [3.05, 3.63) is 46.6 Å². The Balaban J connectivity index is 1.47. The third kappa shape index (κ3) is 5.23. The van der Waals surface area contributed by atoms with Gasteiger partial charge in [0.1, 0.15) is 10.0 Å². The Morgan fingerprint density at radius 1 is 1.11 bits per heavy atom. The van der Waals surface area contributed by atoms with Gasteiger partial charge in [0, 0.05) is 43.2 Å². The maximum atomic E-state index is 12.9. The molecule has 10 heteroatoms. The maximum Gasteiger partial charge on any atom is 0.252 e. The second-order valence-corrected chi connectivity index (χ2v) is 10.9. The Labute approximate surface area is 171 Å². The van der Waals surface area contributed by atoms with Crippen LogP contribution in [0.25, 0.3) is 0 Å². The van der Waals surface area contributed by atoms with Gasteiger partial charge in [-0.25, -0.2) is 12.8 Å². The van der Waals surface area contributed by atoms with Gasteiger partial charge in [-0.1, -0.05) is 11.6 Å². The van der Waals surface area contributed by atoms with Crippen molar-refractivity contribution in [3.63, 3.8) is 0 Å². The molecule has 0 N–H and O–H groups in total. The molecule has 3 rings (SSSR count). The minimum Gasteiger partial charge on any atom is -0.340 e. The lowest BCUT2D eigenvalue weighted by Crippen LogP contribution is -2.50. The number of rotatable bonds is 6. The van der Waals surface area contributed by atoms with Gasteiger partial charge in [0.25, 0.3) is 10.0 Å². The van der Waals surface area contributed by atoms with Crippen LogP contribution < -0.4 is 0 Å². The van der Waals surface area contributed by atoms with Crippen LogP contribution in [0.4, 0.5) is 4.39 Å². The highest BCUT2D eigenvalue weighted by atomic mass is 35.5. The summed E-state index contributed by atoms with van der Waals surface area (Å²) >= 11 is 8.36. The van der Waals surface area contributed by atoms with E-state index in [0.717, 1.165) is 16.2 Å². The van der Waals surface area contributed by atoms with E-state index >= 15 is 0 Å². The van der Waals surface area contributed by atoms with E-state index < -0.39 is 10.0 Å². The summed E-state index contributed by atoms with van der Waals surface area (Å²) in [5.74, 6) is 0.310. The highest BCUT2D eigenvalue weighted by Crippen LogP contribution is 2.28. The molecule has 146 valence electrons. The third-order valence-corrected chi connectivity index (χ3v) is 8.74. The molecule has 0 spiro atoms. The average Bonchev–Trinajstić information content (AvgIpc) is 3.10. The zero-order valence-corrected chi connectivity index (χ0v) is 17.5. The molecule has 0 aliphatic carbocycles. The SMILES string of the molecule is O=C(CCSc1ccc(F)cc1)N1CCN(S(=O)(=O)c2ccc(Cl)s2)CC1. The van der Waals surface area contributed by atoms with Crippen LogP contribution in [0, 0.1) is 5.82 Å². The lowest BCUT2D eigenvalue weighted by atomic mass is 10.3. The first kappa shape index (κ1) is 20.6. The molecule has 0 saturated carbocycles. The molecule has 2 heterocycles. The number of thiophene rings is 1. The van der Waals surface area contributed by atoms with Gasteiger partial charge >= 0.3 is 0 Å². The fraction of sp³-hybridized carbons (Fsp3) is 0.353. The van der Waals surface area contributed by atoms with Crippen molar-refractivity contribution >= 4 is 50.6 Å². The minimum absolute atomic E-state index is 0.000766. The monoisotopic (exact) mass is 448 g/mol. The van der Waals surface area contributed by atoms with Crippen LogP contribution in [0.15, 0.2) is 45.5 Å². The van der Waals surface area contributed by atoms with Crippen LogP contribution >= 0.6 is 34.7 Å². The topological polar surface area (TPSA) is 57.7 Å². The predicted molar refractivity (Wildman–Crippen MR) is 106 cm³/mol. The van der Waals surface area contributed by atoms with Crippen LogP contribution in [-0.2, 0) is 14.8 Å². The van der Waals surface area contributed by atoms with E-state index in [4.69, 9.17) is 11.6 Å². The highest BCUT2D eigenvalue weighted by Gasteiger charge is 2.30. The summed E-state index contributed by atoms with van der Waals surface area (Å²) in [6, 6.07) is 9.23. The quantitative estimate of drug-likeness (QED) is 0.634. The number of amides is 1. The van der Waals surface area contributed by atoms with Gasteiger partial charge in [-0.3, -0.25) is 4.79 Å². The second kappa shape index (κ2) is 8.91. The summed E-state index contributed by atoms with van der Waals surface area (Å²) < 4.78 is 40.1. The second-order valence-electron chi connectivity index (χ2n) is 5.90. The molecule has 27 heavy (non-hydrogen) atoms. The minimum atomic E-state index is -3.55. The standard InChI is InChI=1S/C17H18ClFN2O3S3/c18-15-5-6-17(26-15)27(23,24)21-10-8-20(9-11-21)16(22)7-12-25-14-3-1-13(19)2-4-14/h1-6H,7-12H2. The summed E-state index contributed by atoms with van der Waals surface area (Å²) in [5, 5.41) is 0. The van der Waals surface area contributed by atoms with Crippen molar-refractivity contribution in [3.8, 4) is 0 Å². The average molecular weight is 449 g/mol. The molecule has 1 aromatic carbocycles. The van der Waals surface area contributed by atoms with Crippen molar-refractivity contribution in [1.82, 2.24) is 9.21 Å². The van der Waals surface area contributed by atoms with Crippen LogP contribution in [0.5, 0.6) is 0 Å². The Kier molecular flexibility index (Phi) is 6.80. The number of hydrogen-bond acceptors (Lipinski definition) is 5. The molecule has 1 aliphatic rings. The Morgan fingerprint density at radius 2 is 1.78 bits per heavy atom. The van der Waals surface area contributed by atoms with E-state index in [9.17, 15) is 17.6 Å². The number of sulfonamides is 1. The molecule has 0 atom stereocenters. The molecular weight excluding hydrogens is 431 g/mol. The number of benzene rings is 1. The predicted octanol–water partition coefficient (Wildman–Crippen LogP) is 3.56. The number of nitrogens with zero attached hydrogens (tertiary/aromatic N) is 2. The number of carbonyl (C=O) groups is 1. The van der Waals surface area contributed by atoms with Crippen LogP contribution in [0.1, 0.15) is 6.42 Å². The number of piperazine rings is 1. The third-order valence-electron chi connectivity index (χ3n) is 4.13. The van der Waals surface area contributed by atoms with Crippen molar-refractivity contribution in [2.75, 3.05) is 31.9 Å². The van der Waals surface area contributed by atoms with E-state index in [0.29, 0.717) is 29.6 Å². The molecule has 1 aromatic heterocycles.